The van der Waals surface area contributed by atoms with Crippen LogP contribution in [0.5, 0.6) is 0 Å². The molecule has 96 valence electrons. The molecule has 0 aromatic carbocycles. The van der Waals surface area contributed by atoms with Crippen LogP contribution in [0.15, 0.2) is 0 Å². The highest BCUT2D eigenvalue weighted by molar-refractivity contribution is 5.08. The van der Waals surface area contributed by atoms with Gasteiger partial charge in [-0.2, -0.15) is 0 Å². The van der Waals surface area contributed by atoms with Gasteiger partial charge in [-0.25, -0.2) is 0 Å². The van der Waals surface area contributed by atoms with Gasteiger partial charge in [0.1, 0.15) is 11.7 Å². The Morgan fingerprint density at radius 2 is 1.62 bits per heavy atom. The lowest BCUT2D eigenvalue weighted by Crippen LogP contribution is -2.71. The molecule has 1 aliphatic rings. The molecule has 0 aromatic rings. The van der Waals surface area contributed by atoms with Gasteiger partial charge < -0.3 is 36.4 Å². The molecular weight excluding hydrogens is 218 g/mol. The van der Waals surface area contributed by atoms with Crippen molar-refractivity contribution >= 4 is 0 Å². The first-order valence-electron chi connectivity index (χ1n) is 5.10. The Morgan fingerprint density at radius 1 is 1.06 bits per heavy atom. The molecule has 16 heavy (non-hydrogen) atoms. The van der Waals surface area contributed by atoms with Crippen molar-refractivity contribution in [3.05, 3.63) is 0 Å². The summed E-state index contributed by atoms with van der Waals surface area (Å²) in [6.07, 6.45) is -2.81. The summed E-state index contributed by atoms with van der Waals surface area (Å²) in [5.41, 5.74) is 3.48. The van der Waals surface area contributed by atoms with E-state index in [1.165, 1.54) is 0 Å². The number of hydrogen-bond donors (Lipinski definition) is 7. The average Bonchev–Trinajstić information content (AvgIpc) is 2.30. The first-order chi connectivity index (χ1) is 7.43. The second-order valence-corrected chi connectivity index (χ2v) is 4.30. The van der Waals surface area contributed by atoms with Crippen molar-refractivity contribution < 1.29 is 30.6 Å². The second-order valence-electron chi connectivity index (χ2n) is 4.30. The number of nitrogens with two attached hydrogens (primary N) is 1. The number of hydrogen-bond acceptors (Lipinski definition) is 7. The van der Waals surface area contributed by atoms with Crippen LogP contribution in [0.1, 0.15) is 0 Å². The summed E-state index contributed by atoms with van der Waals surface area (Å²) < 4.78 is 0. The normalized spacial score (nSPS) is 49.3. The van der Waals surface area contributed by atoms with E-state index in [4.69, 9.17) is 21.1 Å². The minimum Gasteiger partial charge on any atom is -0.396 e. The average molecular weight is 237 g/mol. The molecular formula is C9H19NO6. The smallest absolute Gasteiger partial charge is 0.120 e. The van der Waals surface area contributed by atoms with Gasteiger partial charge in [0.15, 0.2) is 0 Å². The topological polar surface area (TPSA) is 147 Å². The van der Waals surface area contributed by atoms with E-state index in [0.29, 0.717) is 0 Å². The lowest BCUT2D eigenvalue weighted by atomic mass is 9.65. The summed E-state index contributed by atoms with van der Waals surface area (Å²) in [7, 11) is 0. The Kier molecular flexibility index (Phi) is 4.24. The molecule has 0 saturated heterocycles. The van der Waals surface area contributed by atoms with Crippen LogP contribution in [0.4, 0.5) is 0 Å². The van der Waals surface area contributed by atoms with Crippen molar-refractivity contribution in [2.75, 3.05) is 19.8 Å². The Labute approximate surface area is 92.8 Å². The van der Waals surface area contributed by atoms with Crippen molar-refractivity contribution in [3.8, 4) is 0 Å². The molecule has 0 radical (unpaired) electrons. The molecule has 0 bridgehead atoms. The zero-order valence-electron chi connectivity index (χ0n) is 8.77. The predicted octanol–water partition coefficient (Wildman–Crippen LogP) is -4.01. The molecule has 1 fully saturated rings. The zero-order chi connectivity index (χ0) is 12.5. The third-order valence-electron chi connectivity index (χ3n) is 3.53. The summed E-state index contributed by atoms with van der Waals surface area (Å²) in [4.78, 5) is 0. The van der Waals surface area contributed by atoms with Crippen molar-refractivity contribution in [1.82, 2.24) is 0 Å². The van der Waals surface area contributed by atoms with E-state index in [0.717, 1.165) is 0 Å². The van der Waals surface area contributed by atoms with Crippen LogP contribution in [-0.4, -0.2) is 74.3 Å². The fraction of sp³-hybridized carbons (Fsp3) is 1.00. The molecule has 0 heterocycles. The lowest BCUT2D eigenvalue weighted by Gasteiger charge is -2.50. The molecule has 0 aliphatic heterocycles. The van der Waals surface area contributed by atoms with E-state index in [1.54, 1.807) is 0 Å². The van der Waals surface area contributed by atoms with Crippen LogP contribution in [0.2, 0.25) is 0 Å². The van der Waals surface area contributed by atoms with Gasteiger partial charge in [-0.05, 0) is 0 Å². The molecule has 0 aromatic heterocycles. The highest BCUT2D eigenvalue weighted by Crippen LogP contribution is 2.37. The number of rotatable bonds is 3. The van der Waals surface area contributed by atoms with Gasteiger partial charge in [-0.3, -0.25) is 0 Å². The molecule has 7 nitrogen and oxygen atoms in total. The van der Waals surface area contributed by atoms with Crippen molar-refractivity contribution in [1.29, 1.82) is 0 Å². The van der Waals surface area contributed by atoms with E-state index in [1.807, 2.05) is 0 Å². The summed E-state index contributed by atoms with van der Waals surface area (Å²) >= 11 is 0. The van der Waals surface area contributed by atoms with Gasteiger partial charge in [-0.15, -0.1) is 0 Å². The Morgan fingerprint density at radius 3 is 2.00 bits per heavy atom. The minimum atomic E-state index is -2.01. The SMILES string of the molecule is N[C@H]1[C@H](O)[C@H](CO)[C@H](CO)[C@@](O)(CO)[C@@H]1O. The van der Waals surface area contributed by atoms with Crippen LogP contribution in [0.25, 0.3) is 0 Å². The van der Waals surface area contributed by atoms with E-state index in [-0.39, 0.29) is 0 Å². The number of aliphatic hydroxyl groups is 6. The van der Waals surface area contributed by atoms with E-state index >= 15 is 0 Å². The standard InChI is InChI=1S/C9H19NO6/c10-6-7(14)4(1-11)5(2-12)9(16,3-13)8(6)15/h4-8,11-16H,1-3,10H2/t4-,5+,6+,7-,8-,9+/m1/s1. The monoisotopic (exact) mass is 237 g/mol. The van der Waals surface area contributed by atoms with Crippen LogP contribution in [0.3, 0.4) is 0 Å². The van der Waals surface area contributed by atoms with Crippen LogP contribution >= 0.6 is 0 Å². The van der Waals surface area contributed by atoms with Gasteiger partial charge in [0.25, 0.3) is 0 Å². The summed E-state index contributed by atoms with van der Waals surface area (Å²) in [6.45, 7) is -1.89. The van der Waals surface area contributed by atoms with Gasteiger partial charge in [-0.1, -0.05) is 0 Å². The summed E-state index contributed by atoms with van der Waals surface area (Å²) in [6, 6.07) is -1.18. The molecule has 0 amide bonds. The molecule has 7 heteroatoms. The fourth-order valence-electron chi connectivity index (χ4n) is 2.37. The molecule has 1 aliphatic carbocycles. The summed E-state index contributed by atoms with van der Waals surface area (Å²) in [5.74, 6) is -1.92. The third-order valence-corrected chi connectivity index (χ3v) is 3.53. The third kappa shape index (κ3) is 1.84. The van der Waals surface area contributed by atoms with Crippen molar-refractivity contribution in [3.63, 3.8) is 0 Å². The first-order valence-corrected chi connectivity index (χ1v) is 5.10. The van der Waals surface area contributed by atoms with Crippen molar-refractivity contribution in [2.45, 2.75) is 23.9 Å². The maximum Gasteiger partial charge on any atom is 0.120 e. The fourth-order valence-corrected chi connectivity index (χ4v) is 2.37. The lowest BCUT2D eigenvalue weighted by molar-refractivity contribution is -0.221. The zero-order valence-corrected chi connectivity index (χ0v) is 8.77. The van der Waals surface area contributed by atoms with E-state index in [9.17, 15) is 15.3 Å². The predicted molar refractivity (Wildman–Crippen MR) is 53.2 cm³/mol. The van der Waals surface area contributed by atoms with Gasteiger partial charge in [0, 0.05) is 25.0 Å². The van der Waals surface area contributed by atoms with Gasteiger partial charge in [0.05, 0.1) is 18.8 Å². The molecule has 6 atom stereocenters. The second kappa shape index (κ2) is 4.92. The maximum absolute atomic E-state index is 10.0. The van der Waals surface area contributed by atoms with Crippen LogP contribution in [0, 0.1) is 11.8 Å². The van der Waals surface area contributed by atoms with E-state index < -0.39 is 55.5 Å². The van der Waals surface area contributed by atoms with Crippen LogP contribution < -0.4 is 5.73 Å². The van der Waals surface area contributed by atoms with Gasteiger partial charge in [0.2, 0.25) is 0 Å². The quantitative estimate of drug-likeness (QED) is 0.264. The molecule has 1 rings (SSSR count). The minimum absolute atomic E-state index is 0.505. The Hall–Kier alpha value is -0.280. The molecule has 1 saturated carbocycles. The largest absolute Gasteiger partial charge is 0.396 e. The van der Waals surface area contributed by atoms with Crippen molar-refractivity contribution in [2.24, 2.45) is 17.6 Å². The summed E-state index contributed by atoms with van der Waals surface area (Å²) in [5, 5.41) is 56.7. The number of aliphatic hydroxyl groups excluding tert-OH is 5. The highest BCUT2D eigenvalue weighted by atomic mass is 16.4. The van der Waals surface area contributed by atoms with E-state index in [2.05, 4.69) is 0 Å². The Balaban J connectivity index is 3.07. The molecule has 0 spiro atoms. The van der Waals surface area contributed by atoms with Crippen LogP contribution in [-0.2, 0) is 0 Å². The molecule has 0 unspecified atom stereocenters. The maximum atomic E-state index is 10.0. The van der Waals surface area contributed by atoms with Gasteiger partial charge >= 0.3 is 0 Å². The highest BCUT2D eigenvalue weighted by Gasteiger charge is 2.56. The first kappa shape index (κ1) is 13.8. The molecule has 8 N–H and O–H groups in total. The Bertz CT molecular complexity index is 238.